The molecule has 6 unspecified atom stereocenters. The van der Waals surface area contributed by atoms with Crippen molar-refractivity contribution in [2.75, 3.05) is 6.54 Å². The Balaban J connectivity index is 2.98. The van der Waals surface area contributed by atoms with Gasteiger partial charge in [0.15, 0.2) is 0 Å². The van der Waals surface area contributed by atoms with Crippen LogP contribution < -0.4 is 27.0 Å². The monoisotopic (exact) mass is 455 g/mol. The Morgan fingerprint density at radius 3 is 1.94 bits per heavy atom. The molecule has 0 bridgehead atoms. The van der Waals surface area contributed by atoms with Crippen LogP contribution in [0.1, 0.15) is 59.8 Å². The molecule has 1 aliphatic rings. The molecule has 1 heterocycles. The molecule has 0 aromatic rings. The van der Waals surface area contributed by atoms with Crippen molar-refractivity contribution in [3.05, 3.63) is 0 Å². The van der Waals surface area contributed by atoms with Crippen molar-refractivity contribution in [2.24, 2.45) is 17.6 Å². The molecule has 11 nitrogen and oxygen atoms in total. The van der Waals surface area contributed by atoms with Gasteiger partial charge in [-0.3, -0.25) is 19.2 Å². The van der Waals surface area contributed by atoms with Crippen molar-refractivity contribution in [2.45, 2.75) is 84.0 Å². The highest BCUT2D eigenvalue weighted by Gasteiger charge is 2.35. The standard InChI is InChI=1S/C21H37N5O6/c1-5-11(3)16(19(29)24-14(21(31)32)10-15(22)27)26-20(30)17(12(4)6-2)25-18(28)13-8-7-9-23-13/h11-14,16-17,23H,5-10H2,1-4H3,(H2,22,27)(H,24,29)(H,25,28)(H,26,30)(H,31,32). The first-order chi connectivity index (χ1) is 15.0. The van der Waals surface area contributed by atoms with Gasteiger partial charge in [0.25, 0.3) is 0 Å². The molecular weight excluding hydrogens is 418 g/mol. The van der Waals surface area contributed by atoms with Crippen LogP contribution >= 0.6 is 0 Å². The first-order valence-electron chi connectivity index (χ1n) is 11.2. The van der Waals surface area contributed by atoms with E-state index in [1.165, 1.54) is 0 Å². The van der Waals surface area contributed by atoms with Crippen molar-refractivity contribution < 1.29 is 29.1 Å². The summed E-state index contributed by atoms with van der Waals surface area (Å²) in [6.07, 6.45) is 2.15. The molecule has 0 radical (unpaired) electrons. The molecule has 0 spiro atoms. The highest BCUT2D eigenvalue weighted by Crippen LogP contribution is 2.14. The van der Waals surface area contributed by atoms with Crippen LogP contribution in [-0.4, -0.2) is 65.4 Å². The molecule has 182 valence electrons. The fourth-order valence-electron chi connectivity index (χ4n) is 3.47. The number of carboxylic acids is 1. The summed E-state index contributed by atoms with van der Waals surface area (Å²) in [6, 6.07) is -3.75. The Morgan fingerprint density at radius 2 is 1.50 bits per heavy atom. The van der Waals surface area contributed by atoms with Gasteiger partial charge in [0, 0.05) is 0 Å². The molecule has 4 amide bonds. The van der Waals surface area contributed by atoms with Crippen molar-refractivity contribution in [3.8, 4) is 0 Å². The molecule has 0 aliphatic carbocycles. The fraction of sp³-hybridized carbons (Fsp3) is 0.762. The molecule has 1 aliphatic heterocycles. The third kappa shape index (κ3) is 8.10. The maximum absolute atomic E-state index is 13.1. The van der Waals surface area contributed by atoms with E-state index in [-0.39, 0.29) is 23.8 Å². The number of rotatable bonds is 13. The van der Waals surface area contributed by atoms with Crippen LogP contribution in [0, 0.1) is 11.8 Å². The van der Waals surface area contributed by atoms with Gasteiger partial charge in [0.05, 0.1) is 12.5 Å². The Kier molecular flexibility index (Phi) is 11.1. The molecule has 11 heteroatoms. The summed E-state index contributed by atoms with van der Waals surface area (Å²) in [5.74, 6) is -4.31. The number of carbonyl (C=O) groups excluding carboxylic acids is 4. The van der Waals surface area contributed by atoms with Crippen molar-refractivity contribution >= 4 is 29.6 Å². The molecule has 0 saturated carbocycles. The second-order valence-electron chi connectivity index (χ2n) is 8.46. The van der Waals surface area contributed by atoms with E-state index < -0.39 is 48.2 Å². The number of nitrogens with two attached hydrogens (primary N) is 1. The molecular formula is C21H37N5O6. The van der Waals surface area contributed by atoms with E-state index in [9.17, 15) is 29.1 Å². The maximum Gasteiger partial charge on any atom is 0.326 e. The van der Waals surface area contributed by atoms with Crippen molar-refractivity contribution in [1.29, 1.82) is 0 Å². The van der Waals surface area contributed by atoms with Crippen LogP contribution in [0.25, 0.3) is 0 Å². The van der Waals surface area contributed by atoms with Gasteiger partial charge in [-0.2, -0.15) is 0 Å². The lowest BCUT2D eigenvalue weighted by molar-refractivity contribution is -0.144. The summed E-state index contributed by atoms with van der Waals surface area (Å²) < 4.78 is 0. The second-order valence-corrected chi connectivity index (χ2v) is 8.46. The van der Waals surface area contributed by atoms with Gasteiger partial charge in [0.2, 0.25) is 23.6 Å². The average Bonchev–Trinajstić information content (AvgIpc) is 3.28. The summed E-state index contributed by atoms with van der Waals surface area (Å²) >= 11 is 0. The van der Waals surface area contributed by atoms with Crippen molar-refractivity contribution in [1.82, 2.24) is 21.3 Å². The predicted octanol–water partition coefficient (Wildman–Crippen LogP) is -0.755. The molecule has 1 saturated heterocycles. The summed E-state index contributed by atoms with van der Waals surface area (Å²) in [7, 11) is 0. The number of hydrogen-bond donors (Lipinski definition) is 6. The smallest absolute Gasteiger partial charge is 0.326 e. The first kappa shape index (κ1) is 27.3. The number of hydrogen-bond acceptors (Lipinski definition) is 6. The van der Waals surface area contributed by atoms with Crippen LogP contribution in [0.4, 0.5) is 0 Å². The number of carboxylic acid groups (broad SMARTS) is 1. The average molecular weight is 456 g/mol. The normalized spacial score (nSPS) is 20.3. The molecule has 1 rings (SSSR count). The zero-order valence-corrected chi connectivity index (χ0v) is 19.3. The van der Waals surface area contributed by atoms with Crippen LogP contribution in [0.15, 0.2) is 0 Å². The van der Waals surface area contributed by atoms with Crippen LogP contribution in [0.5, 0.6) is 0 Å². The lowest BCUT2D eigenvalue weighted by Crippen LogP contribution is -2.60. The van der Waals surface area contributed by atoms with Gasteiger partial charge in [0.1, 0.15) is 18.1 Å². The SMILES string of the molecule is CCC(C)C(NC(=O)C1CCCN1)C(=O)NC(C(=O)NC(CC(N)=O)C(=O)O)C(C)CC. The van der Waals surface area contributed by atoms with E-state index >= 15 is 0 Å². The van der Waals surface area contributed by atoms with E-state index in [0.29, 0.717) is 19.3 Å². The topological polar surface area (TPSA) is 180 Å². The minimum absolute atomic E-state index is 0.192. The summed E-state index contributed by atoms with van der Waals surface area (Å²) in [5, 5.41) is 20.1. The Bertz CT molecular complexity index is 694. The van der Waals surface area contributed by atoms with Gasteiger partial charge in [-0.15, -0.1) is 0 Å². The highest BCUT2D eigenvalue weighted by atomic mass is 16.4. The maximum atomic E-state index is 13.1. The van der Waals surface area contributed by atoms with E-state index in [1.807, 2.05) is 20.8 Å². The van der Waals surface area contributed by atoms with E-state index in [1.54, 1.807) is 6.92 Å². The Labute approximate surface area is 188 Å². The molecule has 0 aromatic heterocycles. The fourth-order valence-corrected chi connectivity index (χ4v) is 3.47. The van der Waals surface area contributed by atoms with Gasteiger partial charge >= 0.3 is 5.97 Å². The van der Waals surface area contributed by atoms with Crippen molar-refractivity contribution in [3.63, 3.8) is 0 Å². The summed E-state index contributed by atoms with van der Waals surface area (Å²) in [5.41, 5.74) is 5.07. The minimum Gasteiger partial charge on any atom is -0.480 e. The largest absolute Gasteiger partial charge is 0.480 e. The number of nitrogens with one attached hydrogen (secondary N) is 4. The molecule has 1 fully saturated rings. The molecule has 6 atom stereocenters. The quantitative estimate of drug-likeness (QED) is 0.211. The summed E-state index contributed by atoms with van der Waals surface area (Å²) in [4.78, 5) is 61.0. The van der Waals surface area contributed by atoms with E-state index in [0.717, 1.165) is 13.0 Å². The van der Waals surface area contributed by atoms with Gasteiger partial charge < -0.3 is 32.1 Å². The van der Waals surface area contributed by atoms with Gasteiger partial charge in [-0.25, -0.2) is 4.79 Å². The highest BCUT2D eigenvalue weighted by molar-refractivity contribution is 5.95. The number of primary amides is 1. The van der Waals surface area contributed by atoms with Crippen LogP contribution in [-0.2, 0) is 24.0 Å². The van der Waals surface area contributed by atoms with Crippen LogP contribution in [0.2, 0.25) is 0 Å². The van der Waals surface area contributed by atoms with E-state index in [4.69, 9.17) is 5.73 Å². The summed E-state index contributed by atoms with van der Waals surface area (Å²) in [6.45, 7) is 8.04. The van der Waals surface area contributed by atoms with E-state index in [2.05, 4.69) is 21.3 Å². The zero-order chi connectivity index (χ0) is 24.4. The number of amides is 4. The van der Waals surface area contributed by atoms with Crippen LogP contribution in [0.3, 0.4) is 0 Å². The van der Waals surface area contributed by atoms with Gasteiger partial charge in [-0.1, -0.05) is 40.5 Å². The molecule has 7 N–H and O–H groups in total. The number of carbonyl (C=O) groups is 5. The third-order valence-corrected chi connectivity index (χ3v) is 5.98. The minimum atomic E-state index is -1.50. The molecule has 32 heavy (non-hydrogen) atoms. The second kappa shape index (κ2) is 13.0. The third-order valence-electron chi connectivity index (χ3n) is 5.98. The first-order valence-corrected chi connectivity index (χ1v) is 11.2. The Hall–Kier alpha value is -2.69. The lowest BCUT2D eigenvalue weighted by Gasteiger charge is -2.30. The lowest BCUT2D eigenvalue weighted by atomic mass is 9.94. The predicted molar refractivity (Wildman–Crippen MR) is 117 cm³/mol. The Morgan fingerprint density at radius 1 is 0.969 bits per heavy atom. The van der Waals surface area contributed by atoms with Gasteiger partial charge in [-0.05, 0) is 31.2 Å². The number of aliphatic carboxylic acids is 1. The zero-order valence-electron chi connectivity index (χ0n) is 19.3. The molecule has 0 aromatic carbocycles.